The van der Waals surface area contributed by atoms with Gasteiger partial charge in [-0.2, -0.15) is 0 Å². The highest BCUT2D eigenvalue weighted by atomic mass is 32.2. The number of carbonyl (C=O) groups is 2. The van der Waals surface area contributed by atoms with Gasteiger partial charge in [0.15, 0.2) is 9.84 Å². The Bertz CT molecular complexity index is 1190. The van der Waals surface area contributed by atoms with Gasteiger partial charge >= 0.3 is 0 Å². The van der Waals surface area contributed by atoms with Crippen LogP contribution >= 0.6 is 0 Å². The highest BCUT2D eigenvalue weighted by Crippen LogP contribution is 2.18. The van der Waals surface area contributed by atoms with Crippen LogP contribution in [0.5, 0.6) is 0 Å². The molecule has 0 aliphatic carbocycles. The Balaban J connectivity index is 1.57. The molecule has 7 heteroatoms. The van der Waals surface area contributed by atoms with E-state index < -0.39 is 9.84 Å². The van der Waals surface area contributed by atoms with E-state index in [4.69, 9.17) is 0 Å². The molecule has 0 heterocycles. The van der Waals surface area contributed by atoms with Crippen molar-refractivity contribution in [2.24, 2.45) is 0 Å². The topological polar surface area (TPSA) is 92.3 Å². The van der Waals surface area contributed by atoms with Crippen molar-refractivity contribution in [3.05, 3.63) is 95.6 Å². The van der Waals surface area contributed by atoms with Gasteiger partial charge in [0.2, 0.25) is 5.91 Å². The first kappa shape index (κ1) is 24.2. The molecule has 33 heavy (non-hydrogen) atoms. The summed E-state index contributed by atoms with van der Waals surface area (Å²) in [5.41, 5.74) is 2.86. The predicted molar refractivity (Wildman–Crippen MR) is 130 cm³/mol. The van der Waals surface area contributed by atoms with Crippen molar-refractivity contribution in [2.75, 3.05) is 11.1 Å². The van der Waals surface area contributed by atoms with Crippen LogP contribution in [0.3, 0.4) is 0 Å². The van der Waals surface area contributed by atoms with Crippen molar-refractivity contribution >= 4 is 27.3 Å². The normalized spacial score (nSPS) is 12.1. The summed E-state index contributed by atoms with van der Waals surface area (Å²) >= 11 is 0. The van der Waals surface area contributed by atoms with Crippen molar-refractivity contribution in [1.82, 2.24) is 5.32 Å². The lowest BCUT2D eigenvalue weighted by Gasteiger charge is -2.17. The molecule has 2 amide bonds. The Morgan fingerprint density at radius 2 is 1.48 bits per heavy atom. The summed E-state index contributed by atoms with van der Waals surface area (Å²) in [5, 5.41) is 5.84. The van der Waals surface area contributed by atoms with Gasteiger partial charge in [0.1, 0.15) is 0 Å². The maximum Gasteiger partial charge on any atom is 0.251 e. The maximum atomic E-state index is 12.6. The summed E-state index contributed by atoms with van der Waals surface area (Å²) < 4.78 is 23.8. The molecule has 0 unspecified atom stereocenters. The van der Waals surface area contributed by atoms with Crippen LogP contribution in [0.2, 0.25) is 0 Å². The third-order valence-electron chi connectivity index (χ3n) is 5.37. The molecule has 1 atom stereocenters. The van der Waals surface area contributed by atoms with E-state index in [1.165, 1.54) is 12.1 Å². The Labute approximate surface area is 195 Å². The third-order valence-corrected chi connectivity index (χ3v) is 7.12. The Hall–Kier alpha value is -3.45. The van der Waals surface area contributed by atoms with E-state index >= 15 is 0 Å². The fraction of sp³-hybridized carbons (Fsp3) is 0.231. The van der Waals surface area contributed by atoms with Gasteiger partial charge in [0, 0.05) is 11.3 Å². The molecular weight excluding hydrogens is 436 g/mol. The molecular formula is C26H28N2O4S. The molecule has 2 N–H and O–H groups in total. The van der Waals surface area contributed by atoms with Crippen LogP contribution in [0.4, 0.5) is 5.69 Å². The zero-order valence-electron chi connectivity index (χ0n) is 18.7. The molecule has 0 spiro atoms. The third kappa shape index (κ3) is 6.52. The Morgan fingerprint density at radius 1 is 0.848 bits per heavy atom. The summed E-state index contributed by atoms with van der Waals surface area (Å²) in [6.07, 6.45) is 0.888. The first-order valence-electron chi connectivity index (χ1n) is 10.9. The highest BCUT2D eigenvalue weighted by molar-refractivity contribution is 7.91. The number of nitrogens with one attached hydrogen (secondary N) is 2. The first-order valence-corrected chi connectivity index (χ1v) is 12.5. The first-order chi connectivity index (χ1) is 15.8. The number of benzene rings is 3. The molecule has 0 aliphatic rings. The summed E-state index contributed by atoms with van der Waals surface area (Å²) in [6, 6.07) is 22.8. The number of anilines is 1. The van der Waals surface area contributed by atoms with Crippen molar-refractivity contribution in [2.45, 2.75) is 37.6 Å². The van der Waals surface area contributed by atoms with Crippen molar-refractivity contribution < 1.29 is 18.0 Å². The zero-order valence-corrected chi connectivity index (χ0v) is 19.6. The molecule has 3 rings (SSSR count). The maximum absolute atomic E-state index is 12.6. The van der Waals surface area contributed by atoms with Crippen LogP contribution in [0, 0.1) is 0 Å². The largest absolute Gasteiger partial charge is 0.345 e. The van der Waals surface area contributed by atoms with Gasteiger partial charge in [0.05, 0.1) is 23.1 Å². The minimum atomic E-state index is -3.26. The highest BCUT2D eigenvalue weighted by Gasteiger charge is 2.15. The monoisotopic (exact) mass is 464 g/mol. The number of hydrogen-bond donors (Lipinski definition) is 2. The number of amides is 2. The standard InChI is InChI=1S/C26H28N2O4S/c1-3-24(20-8-6-5-7-9-20)28-26(30)21-12-14-22(15-13-21)27-25(29)18-19-10-16-23(17-11-19)33(31,32)4-2/h5-17,24H,3-4,18H2,1-2H3,(H,27,29)(H,28,30)/t24-/m0/s1. The van der Waals surface area contributed by atoms with E-state index in [2.05, 4.69) is 10.6 Å². The van der Waals surface area contributed by atoms with E-state index in [9.17, 15) is 18.0 Å². The molecule has 3 aromatic carbocycles. The summed E-state index contributed by atoms with van der Waals surface area (Å²) in [5.74, 6) is -0.370. The SMILES string of the molecule is CC[C@H](NC(=O)c1ccc(NC(=O)Cc2ccc(S(=O)(=O)CC)cc2)cc1)c1ccccc1. The molecule has 0 aromatic heterocycles. The molecule has 6 nitrogen and oxygen atoms in total. The second-order valence-corrected chi connectivity index (χ2v) is 9.97. The second kappa shape index (κ2) is 10.9. The minimum absolute atomic E-state index is 0.0339. The van der Waals surface area contributed by atoms with Gasteiger partial charge in [-0.3, -0.25) is 9.59 Å². The van der Waals surface area contributed by atoms with Crippen molar-refractivity contribution in [3.8, 4) is 0 Å². The van der Waals surface area contributed by atoms with Gasteiger partial charge in [-0.05, 0) is 53.9 Å². The fourth-order valence-corrected chi connectivity index (χ4v) is 4.31. The molecule has 172 valence electrons. The lowest BCUT2D eigenvalue weighted by atomic mass is 10.0. The lowest BCUT2D eigenvalue weighted by molar-refractivity contribution is -0.115. The fourth-order valence-electron chi connectivity index (χ4n) is 3.42. The number of carbonyl (C=O) groups excluding carboxylic acids is 2. The number of sulfone groups is 1. The number of hydrogen-bond acceptors (Lipinski definition) is 4. The molecule has 0 saturated carbocycles. The minimum Gasteiger partial charge on any atom is -0.345 e. The molecule has 0 bridgehead atoms. The van der Waals surface area contributed by atoms with Crippen LogP contribution in [0.1, 0.15) is 47.8 Å². The van der Waals surface area contributed by atoms with Crippen molar-refractivity contribution in [1.29, 1.82) is 0 Å². The van der Waals surface area contributed by atoms with E-state index in [0.717, 1.165) is 12.0 Å². The van der Waals surface area contributed by atoms with E-state index in [1.54, 1.807) is 43.3 Å². The average Bonchev–Trinajstić information content (AvgIpc) is 2.83. The van der Waals surface area contributed by atoms with Crippen LogP contribution in [0.15, 0.2) is 83.8 Å². The zero-order chi connectivity index (χ0) is 23.8. The van der Waals surface area contributed by atoms with Gasteiger partial charge in [-0.25, -0.2) is 8.42 Å². The summed E-state index contributed by atoms with van der Waals surface area (Å²) in [7, 11) is -3.26. The molecule has 0 aliphatic heterocycles. The lowest BCUT2D eigenvalue weighted by Crippen LogP contribution is -2.28. The molecule has 0 saturated heterocycles. The van der Waals surface area contributed by atoms with Crippen LogP contribution in [-0.2, 0) is 21.1 Å². The van der Waals surface area contributed by atoms with E-state index in [1.807, 2.05) is 37.3 Å². The second-order valence-electron chi connectivity index (χ2n) is 7.69. The van der Waals surface area contributed by atoms with Crippen LogP contribution in [-0.4, -0.2) is 26.0 Å². The summed E-state index contributed by atoms with van der Waals surface area (Å²) in [4.78, 5) is 25.3. The van der Waals surface area contributed by atoms with Crippen LogP contribution < -0.4 is 10.6 Å². The molecule has 3 aromatic rings. The van der Waals surface area contributed by atoms with Crippen molar-refractivity contribution in [3.63, 3.8) is 0 Å². The Kier molecular flexibility index (Phi) is 8.01. The quantitative estimate of drug-likeness (QED) is 0.486. The van der Waals surface area contributed by atoms with E-state index in [-0.39, 0.29) is 34.9 Å². The Morgan fingerprint density at radius 3 is 2.06 bits per heavy atom. The van der Waals surface area contributed by atoms with E-state index in [0.29, 0.717) is 16.8 Å². The number of rotatable bonds is 9. The summed E-state index contributed by atoms with van der Waals surface area (Å²) in [6.45, 7) is 3.61. The van der Waals surface area contributed by atoms with Crippen LogP contribution in [0.25, 0.3) is 0 Å². The predicted octanol–water partition coefficient (Wildman–Crippen LogP) is 4.54. The van der Waals surface area contributed by atoms with Gasteiger partial charge in [-0.1, -0.05) is 56.3 Å². The molecule has 0 fully saturated rings. The van der Waals surface area contributed by atoms with Gasteiger partial charge < -0.3 is 10.6 Å². The average molecular weight is 465 g/mol. The smallest absolute Gasteiger partial charge is 0.251 e. The van der Waals surface area contributed by atoms with Gasteiger partial charge in [-0.15, -0.1) is 0 Å². The molecule has 0 radical (unpaired) electrons. The van der Waals surface area contributed by atoms with Gasteiger partial charge in [0.25, 0.3) is 5.91 Å².